The third kappa shape index (κ3) is 3.04. The molecule has 2 aromatic rings. The number of carbonyl (C=O) groups excluding carboxylic acids is 1. The zero-order chi connectivity index (χ0) is 18.2. The Hall–Kier alpha value is -2.62. The van der Waals surface area contributed by atoms with Crippen molar-refractivity contribution in [2.45, 2.75) is 33.2 Å². The Kier molecular flexibility index (Phi) is 4.38. The number of anilines is 1. The standard InChI is InChI=1S/C18H24N6O/c1-12-6-8-24(17(25)18(2,3)10-19)9-14(12)23(4)16-13-5-7-20-15(13)21-11-22-16/h5,7,11-12,14H,6,8-9H2,1-4H3,(H,20,21,22)/t12-,14+/m0/s1. The van der Waals surface area contributed by atoms with Crippen molar-refractivity contribution in [3.8, 4) is 6.07 Å². The minimum absolute atomic E-state index is 0.102. The SMILES string of the molecule is C[C@H]1CCN(C(=O)C(C)(C)C#N)C[C@H]1N(C)c1ncnc2[nH]ccc12. The summed E-state index contributed by atoms with van der Waals surface area (Å²) in [5.41, 5.74) is -0.189. The third-order valence-electron chi connectivity index (χ3n) is 5.18. The van der Waals surface area contributed by atoms with Crippen LogP contribution in [0, 0.1) is 22.7 Å². The van der Waals surface area contributed by atoms with Crippen LogP contribution < -0.4 is 4.90 Å². The fourth-order valence-electron chi connectivity index (χ4n) is 3.48. The number of nitrogens with one attached hydrogen (secondary N) is 1. The van der Waals surface area contributed by atoms with E-state index in [1.54, 1.807) is 20.2 Å². The van der Waals surface area contributed by atoms with Crippen molar-refractivity contribution in [1.82, 2.24) is 19.9 Å². The first kappa shape index (κ1) is 17.2. The minimum Gasteiger partial charge on any atom is -0.354 e. The number of hydrogen-bond acceptors (Lipinski definition) is 5. The number of nitrogens with zero attached hydrogens (tertiary/aromatic N) is 5. The molecule has 3 heterocycles. The normalized spacial score (nSPS) is 21.2. The van der Waals surface area contributed by atoms with Gasteiger partial charge in [-0.1, -0.05) is 6.92 Å². The Morgan fingerprint density at radius 1 is 1.48 bits per heavy atom. The zero-order valence-electron chi connectivity index (χ0n) is 15.2. The zero-order valence-corrected chi connectivity index (χ0v) is 15.2. The summed E-state index contributed by atoms with van der Waals surface area (Å²) in [5.74, 6) is 1.18. The van der Waals surface area contributed by atoms with E-state index in [1.807, 2.05) is 24.2 Å². The molecular weight excluding hydrogens is 316 g/mol. The number of piperidine rings is 1. The van der Waals surface area contributed by atoms with Gasteiger partial charge >= 0.3 is 0 Å². The van der Waals surface area contributed by atoms with Gasteiger partial charge in [0.2, 0.25) is 5.91 Å². The highest BCUT2D eigenvalue weighted by atomic mass is 16.2. The number of fused-ring (bicyclic) bond motifs is 1. The first-order valence-electron chi connectivity index (χ1n) is 8.56. The molecule has 2 aromatic heterocycles. The molecule has 0 aliphatic carbocycles. The fraction of sp³-hybridized carbons (Fsp3) is 0.556. The molecule has 3 rings (SSSR count). The number of H-pyrrole nitrogens is 1. The second kappa shape index (κ2) is 6.36. The Bertz CT molecular complexity index is 820. The Morgan fingerprint density at radius 3 is 2.96 bits per heavy atom. The van der Waals surface area contributed by atoms with E-state index in [-0.39, 0.29) is 11.9 Å². The van der Waals surface area contributed by atoms with Crippen molar-refractivity contribution in [1.29, 1.82) is 5.26 Å². The lowest BCUT2D eigenvalue weighted by atomic mass is 9.88. The molecule has 132 valence electrons. The molecule has 1 saturated heterocycles. The minimum atomic E-state index is -0.994. The van der Waals surface area contributed by atoms with Crippen molar-refractivity contribution >= 4 is 22.8 Å². The quantitative estimate of drug-likeness (QED) is 0.925. The largest absolute Gasteiger partial charge is 0.354 e. The van der Waals surface area contributed by atoms with Gasteiger partial charge < -0.3 is 14.8 Å². The highest BCUT2D eigenvalue weighted by Gasteiger charge is 2.38. The highest BCUT2D eigenvalue weighted by molar-refractivity contribution is 5.87. The van der Waals surface area contributed by atoms with Crippen molar-refractivity contribution in [2.24, 2.45) is 11.3 Å². The molecule has 0 unspecified atom stereocenters. The average Bonchev–Trinajstić information content (AvgIpc) is 3.09. The molecular formula is C18H24N6O. The first-order chi connectivity index (χ1) is 11.8. The van der Waals surface area contributed by atoms with E-state index in [0.29, 0.717) is 19.0 Å². The summed E-state index contributed by atoms with van der Waals surface area (Å²) in [6.07, 6.45) is 4.32. The highest BCUT2D eigenvalue weighted by Crippen LogP contribution is 2.30. The van der Waals surface area contributed by atoms with E-state index in [1.165, 1.54) is 0 Å². The van der Waals surface area contributed by atoms with Crippen LogP contribution in [0.4, 0.5) is 5.82 Å². The number of nitriles is 1. The number of aromatic nitrogens is 3. The number of carbonyl (C=O) groups is 1. The Labute approximate surface area is 147 Å². The summed E-state index contributed by atoms with van der Waals surface area (Å²) in [6.45, 7) is 6.85. The predicted octanol–water partition coefficient (Wildman–Crippen LogP) is 2.18. The molecule has 1 amide bonds. The summed E-state index contributed by atoms with van der Waals surface area (Å²) in [6, 6.07) is 4.22. The number of hydrogen-bond donors (Lipinski definition) is 1. The maximum absolute atomic E-state index is 12.7. The van der Waals surface area contributed by atoms with E-state index in [9.17, 15) is 10.1 Å². The van der Waals surface area contributed by atoms with Gasteiger partial charge in [-0.15, -0.1) is 0 Å². The van der Waals surface area contributed by atoms with Crippen LogP contribution in [0.1, 0.15) is 27.2 Å². The first-order valence-corrected chi connectivity index (χ1v) is 8.56. The van der Waals surface area contributed by atoms with Gasteiger partial charge in [0.1, 0.15) is 23.2 Å². The van der Waals surface area contributed by atoms with E-state index in [4.69, 9.17) is 0 Å². The summed E-state index contributed by atoms with van der Waals surface area (Å²) in [7, 11) is 2.01. The molecule has 1 fully saturated rings. The van der Waals surface area contributed by atoms with Gasteiger partial charge in [-0.25, -0.2) is 9.97 Å². The lowest BCUT2D eigenvalue weighted by Gasteiger charge is -2.43. The van der Waals surface area contributed by atoms with E-state index in [0.717, 1.165) is 23.3 Å². The van der Waals surface area contributed by atoms with E-state index >= 15 is 0 Å². The van der Waals surface area contributed by atoms with Crippen LogP contribution in [0.25, 0.3) is 11.0 Å². The van der Waals surface area contributed by atoms with Gasteiger partial charge in [-0.3, -0.25) is 4.79 Å². The number of amides is 1. The Morgan fingerprint density at radius 2 is 2.24 bits per heavy atom. The van der Waals surface area contributed by atoms with Crippen molar-refractivity contribution < 1.29 is 4.79 Å². The fourth-order valence-corrected chi connectivity index (χ4v) is 3.48. The third-order valence-corrected chi connectivity index (χ3v) is 5.18. The topological polar surface area (TPSA) is 88.9 Å². The van der Waals surface area contributed by atoms with Crippen LogP contribution in [0.15, 0.2) is 18.6 Å². The van der Waals surface area contributed by atoms with Gasteiger partial charge in [0.05, 0.1) is 17.5 Å². The monoisotopic (exact) mass is 340 g/mol. The molecule has 0 aromatic carbocycles. The summed E-state index contributed by atoms with van der Waals surface area (Å²) >= 11 is 0. The number of aromatic amines is 1. The molecule has 0 saturated carbocycles. The van der Waals surface area contributed by atoms with Crippen LogP contribution in [0.2, 0.25) is 0 Å². The molecule has 0 spiro atoms. The lowest BCUT2D eigenvalue weighted by Crippen LogP contribution is -2.55. The molecule has 2 atom stereocenters. The summed E-state index contributed by atoms with van der Waals surface area (Å²) in [5, 5.41) is 10.2. The second-order valence-corrected chi connectivity index (χ2v) is 7.37. The van der Waals surface area contributed by atoms with E-state index < -0.39 is 5.41 Å². The smallest absolute Gasteiger partial charge is 0.242 e. The lowest BCUT2D eigenvalue weighted by molar-refractivity contribution is -0.139. The van der Waals surface area contributed by atoms with Gasteiger partial charge in [-0.2, -0.15) is 5.26 Å². The summed E-state index contributed by atoms with van der Waals surface area (Å²) in [4.78, 5) is 28.5. The van der Waals surface area contributed by atoms with Gasteiger partial charge in [-0.05, 0) is 32.3 Å². The van der Waals surface area contributed by atoms with Gasteiger partial charge in [0, 0.05) is 26.3 Å². The molecule has 1 N–H and O–H groups in total. The summed E-state index contributed by atoms with van der Waals surface area (Å²) < 4.78 is 0. The van der Waals surface area contributed by atoms with Crippen LogP contribution in [0.5, 0.6) is 0 Å². The number of likely N-dealkylation sites (tertiary alicyclic amines) is 1. The maximum Gasteiger partial charge on any atom is 0.242 e. The van der Waals surface area contributed by atoms with Crippen LogP contribution >= 0.6 is 0 Å². The Balaban J connectivity index is 1.86. The van der Waals surface area contributed by atoms with Crippen molar-refractivity contribution in [3.63, 3.8) is 0 Å². The maximum atomic E-state index is 12.7. The molecule has 0 radical (unpaired) electrons. The molecule has 1 aliphatic heterocycles. The molecule has 7 heteroatoms. The van der Waals surface area contributed by atoms with Crippen molar-refractivity contribution in [3.05, 3.63) is 18.6 Å². The average molecular weight is 340 g/mol. The number of rotatable bonds is 3. The van der Waals surface area contributed by atoms with Crippen LogP contribution in [-0.4, -0.2) is 51.9 Å². The number of likely N-dealkylation sites (N-methyl/N-ethyl adjacent to an activating group) is 1. The predicted molar refractivity (Wildman–Crippen MR) is 95.8 cm³/mol. The van der Waals surface area contributed by atoms with E-state index in [2.05, 4.69) is 32.8 Å². The van der Waals surface area contributed by atoms with Gasteiger partial charge in [0.25, 0.3) is 0 Å². The van der Waals surface area contributed by atoms with Crippen LogP contribution in [-0.2, 0) is 4.79 Å². The second-order valence-electron chi connectivity index (χ2n) is 7.37. The van der Waals surface area contributed by atoms with Crippen LogP contribution in [0.3, 0.4) is 0 Å². The molecule has 7 nitrogen and oxygen atoms in total. The molecule has 0 bridgehead atoms. The van der Waals surface area contributed by atoms with Gasteiger partial charge in [0.15, 0.2) is 0 Å². The molecule has 1 aliphatic rings. The molecule has 25 heavy (non-hydrogen) atoms. The van der Waals surface area contributed by atoms with Crippen molar-refractivity contribution in [2.75, 3.05) is 25.0 Å².